The lowest BCUT2D eigenvalue weighted by molar-refractivity contribution is -0.159. The Kier molecular flexibility index (Phi) is 5.62. The number of ether oxygens (including phenoxy) is 1. The minimum absolute atomic E-state index is 0.0260. The molecule has 0 N–H and O–H groups in total. The fourth-order valence-corrected chi connectivity index (χ4v) is 4.99. The second-order valence-electron chi connectivity index (χ2n) is 6.63. The molecule has 1 fully saturated rings. The first-order valence-electron chi connectivity index (χ1n) is 8.93. The summed E-state index contributed by atoms with van der Waals surface area (Å²) in [5, 5.41) is 3.43. The molecule has 1 aliphatic heterocycles. The first-order valence-corrected chi connectivity index (χ1v) is 10.7. The SMILES string of the molecule is O=S(=O)(c1ccccc1Cl)N1CC[C@H](Oc2ccc(-c3noc(C(F)(F)F)n3)cn2)C1. The average molecular weight is 475 g/mol. The highest BCUT2D eigenvalue weighted by Crippen LogP contribution is 2.30. The molecular formula is C18H14ClF3N4O4S. The second-order valence-corrected chi connectivity index (χ2v) is 8.94. The van der Waals surface area contributed by atoms with Gasteiger partial charge in [-0.05, 0) is 24.6 Å². The topological polar surface area (TPSA) is 98.4 Å². The molecular weight excluding hydrogens is 461 g/mol. The maximum absolute atomic E-state index is 12.8. The molecule has 0 amide bonds. The van der Waals surface area contributed by atoms with Gasteiger partial charge in [-0.3, -0.25) is 0 Å². The smallest absolute Gasteiger partial charge is 0.471 e. The number of sulfonamides is 1. The third-order valence-electron chi connectivity index (χ3n) is 4.51. The van der Waals surface area contributed by atoms with E-state index >= 15 is 0 Å². The lowest BCUT2D eigenvalue weighted by Gasteiger charge is -2.17. The summed E-state index contributed by atoms with van der Waals surface area (Å²) in [6.07, 6.45) is -3.50. The van der Waals surface area contributed by atoms with Gasteiger partial charge < -0.3 is 9.26 Å². The van der Waals surface area contributed by atoms with Crippen molar-refractivity contribution in [3.05, 3.63) is 53.5 Å². The Morgan fingerprint density at radius 3 is 2.61 bits per heavy atom. The summed E-state index contributed by atoms with van der Waals surface area (Å²) in [5.74, 6) is -1.52. The quantitative estimate of drug-likeness (QED) is 0.556. The van der Waals surface area contributed by atoms with Crippen molar-refractivity contribution in [1.29, 1.82) is 0 Å². The highest BCUT2D eigenvalue weighted by Gasteiger charge is 2.38. The summed E-state index contributed by atoms with van der Waals surface area (Å²) in [6, 6.07) is 9.05. The highest BCUT2D eigenvalue weighted by molar-refractivity contribution is 7.89. The monoisotopic (exact) mass is 474 g/mol. The van der Waals surface area contributed by atoms with Gasteiger partial charge >= 0.3 is 12.1 Å². The molecule has 0 saturated carbocycles. The van der Waals surface area contributed by atoms with Gasteiger partial charge in [0.05, 0.1) is 11.6 Å². The van der Waals surface area contributed by atoms with Crippen LogP contribution in [0.5, 0.6) is 5.88 Å². The van der Waals surface area contributed by atoms with Gasteiger partial charge in [0, 0.05) is 24.4 Å². The Morgan fingerprint density at radius 1 is 1.19 bits per heavy atom. The van der Waals surface area contributed by atoms with Crippen molar-refractivity contribution >= 4 is 21.6 Å². The van der Waals surface area contributed by atoms with Gasteiger partial charge in [-0.15, -0.1) is 0 Å². The van der Waals surface area contributed by atoms with Crippen LogP contribution >= 0.6 is 11.6 Å². The summed E-state index contributed by atoms with van der Waals surface area (Å²) in [7, 11) is -3.76. The van der Waals surface area contributed by atoms with E-state index in [1.807, 2.05) is 0 Å². The molecule has 0 unspecified atom stereocenters. The van der Waals surface area contributed by atoms with E-state index in [4.69, 9.17) is 16.3 Å². The number of benzene rings is 1. The van der Waals surface area contributed by atoms with E-state index in [1.165, 1.54) is 34.8 Å². The summed E-state index contributed by atoms with van der Waals surface area (Å²) < 4.78 is 74.5. The molecule has 1 saturated heterocycles. The van der Waals surface area contributed by atoms with Crippen molar-refractivity contribution in [1.82, 2.24) is 19.4 Å². The van der Waals surface area contributed by atoms with Crippen molar-refractivity contribution in [2.45, 2.75) is 23.6 Å². The summed E-state index contributed by atoms with van der Waals surface area (Å²) in [4.78, 5) is 7.35. The molecule has 3 aromatic rings. The van der Waals surface area contributed by atoms with Gasteiger partial charge in [0.2, 0.25) is 21.7 Å². The van der Waals surface area contributed by atoms with Crippen molar-refractivity contribution < 1.29 is 30.8 Å². The maximum atomic E-state index is 12.8. The molecule has 2 aromatic heterocycles. The van der Waals surface area contributed by atoms with Crippen LogP contribution < -0.4 is 4.74 Å². The molecule has 1 aromatic carbocycles. The average Bonchev–Trinajstić information content (AvgIpc) is 3.39. The second kappa shape index (κ2) is 8.09. The van der Waals surface area contributed by atoms with Gasteiger partial charge in [-0.1, -0.05) is 28.9 Å². The van der Waals surface area contributed by atoms with Crippen LogP contribution in [0.4, 0.5) is 13.2 Å². The number of halogens is 4. The molecule has 164 valence electrons. The van der Waals surface area contributed by atoms with Gasteiger partial charge in [0.25, 0.3) is 0 Å². The van der Waals surface area contributed by atoms with Crippen molar-refractivity contribution in [3.63, 3.8) is 0 Å². The van der Waals surface area contributed by atoms with E-state index in [2.05, 4.69) is 19.6 Å². The van der Waals surface area contributed by atoms with E-state index in [1.54, 1.807) is 12.1 Å². The Morgan fingerprint density at radius 2 is 1.97 bits per heavy atom. The predicted molar refractivity (Wildman–Crippen MR) is 102 cm³/mol. The molecule has 0 radical (unpaired) electrons. The standard InChI is InChI=1S/C18H14ClF3N4O4S/c19-13-3-1-2-4-14(13)31(27,28)26-8-7-12(10-26)29-15-6-5-11(9-23-15)16-24-17(30-25-16)18(20,21)22/h1-6,9,12H,7-8,10H2/t12-/m0/s1. The lowest BCUT2D eigenvalue weighted by Crippen LogP contribution is -2.31. The molecule has 31 heavy (non-hydrogen) atoms. The maximum Gasteiger partial charge on any atom is 0.471 e. The number of aromatic nitrogens is 3. The van der Waals surface area contributed by atoms with Gasteiger partial charge in [0.15, 0.2) is 0 Å². The molecule has 0 aliphatic carbocycles. The Balaban J connectivity index is 1.42. The van der Waals surface area contributed by atoms with E-state index in [0.29, 0.717) is 6.42 Å². The number of rotatable bonds is 5. The summed E-state index contributed by atoms with van der Waals surface area (Å²) >= 11 is 6.02. The van der Waals surface area contributed by atoms with Crippen molar-refractivity contribution in [2.24, 2.45) is 0 Å². The minimum Gasteiger partial charge on any atom is -0.473 e. The number of alkyl halides is 3. The number of hydrogen-bond donors (Lipinski definition) is 0. The van der Waals surface area contributed by atoms with Crippen LogP contribution in [0.15, 0.2) is 52.0 Å². The fraction of sp³-hybridized carbons (Fsp3) is 0.278. The number of pyridine rings is 1. The first kappa shape index (κ1) is 21.5. The highest BCUT2D eigenvalue weighted by atomic mass is 35.5. The number of nitrogens with zero attached hydrogens (tertiary/aromatic N) is 4. The molecule has 4 rings (SSSR count). The van der Waals surface area contributed by atoms with Crippen LogP contribution in [0.3, 0.4) is 0 Å². The first-order chi connectivity index (χ1) is 14.6. The Bertz CT molecular complexity index is 1190. The van der Waals surface area contributed by atoms with Crippen molar-refractivity contribution in [3.8, 4) is 17.3 Å². The predicted octanol–water partition coefficient (Wildman–Crippen LogP) is 3.65. The minimum atomic E-state index is -4.74. The van der Waals surface area contributed by atoms with Gasteiger partial charge in [-0.2, -0.15) is 22.5 Å². The van der Waals surface area contributed by atoms with Crippen LogP contribution in [-0.2, 0) is 16.2 Å². The molecule has 13 heteroatoms. The summed E-state index contributed by atoms with van der Waals surface area (Å²) in [5.41, 5.74) is 0.209. The zero-order valence-electron chi connectivity index (χ0n) is 15.6. The van der Waals surface area contributed by atoms with E-state index < -0.39 is 28.2 Å². The van der Waals surface area contributed by atoms with Crippen LogP contribution in [-0.4, -0.2) is 47.0 Å². The zero-order chi connectivity index (χ0) is 22.2. The largest absolute Gasteiger partial charge is 0.473 e. The summed E-state index contributed by atoms with van der Waals surface area (Å²) in [6.45, 7) is 0.357. The zero-order valence-corrected chi connectivity index (χ0v) is 17.2. The number of hydrogen-bond acceptors (Lipinski definition) is 7. The normalized spacial score (nSPS) is 17.7. The fourth-order valence-electron chi connectivity index (χ4n) is 3.01. The third kappa shape index (κ3) is 4.50. The molecule has 3 heterocycles. The molecule has 0 spiro atoms. The Labute approximate surface area is 179 Å². The molecule has 0 bridgehead atoms. The van der Waals surface area contributed by atoms with E-state index in [0.717, 1.165) is 0 Å². The van der Waals surface area contributed by atoms with Crippen LogP contribution in [0, 0.1) is 0 Å². The molecule has 1 aliphatic rings. The van der Waals surface area contributed by atoms with Crippen LogP contribution in [0.25, 0.3) is 11.4 Å². The van der Waals surface area contributed by atoms with Crippen LogP contribution in [0.1, 0.15) is 12.3 Å². The Hall–Kier alpha value is -2.70. The molecule has 1 atom stereocenters. The van der Waals surface area contributed by atoms with E-state index in [-0.39, 0.29) is 40.3 Å². The van der Waals surface area contributed by atoms with Gasteiger partial charge in [-0.25, -0.2) is 13.4 Å². The van der Waals surface area contributed by atoms with Crippen LogP contribution in [0.2, 0.25) is 5.02 Å². The third-order valence-corrected chi connectivity index (χ3v) is 6.88. The van der Waals surface area contributed by atoms with Crippen molar-refractivity contribution in [2.75, 3.05) is 13.1 Å². The lowest BCUT2D eigenvalue weighted by atomic mass is 10.2. The van der Waals surface area contributed by atoms with Gasteiger partial charge in [0.1, 0.15) is 11.0 Å². The van der Waals surface area contributed by atoms with E-state index in [9.17, 15) is 21.6 Å². The molecule has 8 nitrogen and oxygen atoms in total.